The van der Waals surface area contributed by atoms with Crippen LogP contribution in [0.15, 0.2) is 65.6 Å². The zero-order valence-electron chi connectivity index (χ0n) is 30.8. The molecule has 3 atom stereocenters. The van der Waals surface area contributed by atoms with Crippen molar-refractivity contribution < 1.29 is 32.6 Å². The summed E-state index contributed by atoms with van der Waals surface area (Å²) in [6.45, 7) is 3.35. The monoisotopic (exact) mass is 772 g/mol. The van der Waals surface area contributed by atoms with Crippen LogP contribution in [-0.2, 0) is 22.8 Å². The topological polar surface area (TPSA) is 149 Å². The number of hydrogen-bond acceptors (Lipinski definition) is 8. The lowest BCUT2D eigenvalue weighted by Gasteiger charge is -2.49. The van der Waals surface area contributed by atoms with Crippen LogP contribution in [0.1, 0.15) is 84.7 Å². The summed E-state index contributed by atoms with van der Waals surface area (Å²) in [5.74, 6) is -0.231. The highest BCUT2D eigenvalue weighted by molar-refractivity contribution is 6.03. The number of carbonyl (C=O) groups excluding carboxylic acids is 2. The van der Waals surface area contributed by atoms with Crippen molar-refractivity contribution in [2.24, 2.45) is 13.0 Å². The van der Waals surface area contributed by atoms with Gasteiger partial charge >= 0.3 is 11.9 Å². The number of aliphatic hydroxyl groups excluding tert-OH is 1. The van der Waals surface area contributed by atoms with E-state index in [1.165, 1.54) is 6.07 Å². The van der Waals surface area contributed by atoms with E-state index in [1.807, 2.05) is 23.0 Å². The first kappa shape index (κ1) is 36.6. The number of pyridine rings is 1. The van der Waals surface area contributed by atoms with Crippen LogP contribution >= 0.6 is 0 Å². The molecule has 9 rings (SSSR count). The highest BCUT2D eigenvalue weighted by Crippen LogP contribution is 2.45. The van der Waals surface area contributed by atoms with Crippen LogP contribution in [0, 0.1) is 5.92 Å². The molecule has 3 unspecified atom stereocenters. The molecule has 1 aliphatic carbocycles. The van der Waals surface area contributed by atoms with Crippen molar-refractivity contribution in [3.8, 4) is 0 Å². The molecule has 5 aromatic rings. The van der Waals surface area contributed by atoms with Gasteiger partial charge in [0.15, 0.2) is 0 Å². The fourth-order valence-electron chi connectivity index (χ4n) is 9.50. The Bertz CT molecular complexity index is 2390. The van der Waals surface area contributed by atoms with E-state index in [9.17, 15) is 32.7 Å². The molecule has 2 amide bonds. The van der Waals surface area contributed by atoms with Gasteiger partial charge in [0.25, 0.3) is 5.91 Å². The van der Waals surface area contributed by atoms with Crippen LogP contribution in [0.25, 0.3) is 21.9 Å². The van der Waals surface area contributed by atoms with E-state index in [0.29, 0.717) is 24.6 Å². The van der Waals surface area contributed by atoms with Crippen molar-refractivity contribution in [1.82, 2.24) is 34.1 Å². The molecule has 16 heteroatoms. The first-order chi connectivity index (χ1) is 26.8. The Labute approximate surface area is 319 Å². The van der Waals surface area contributed by atoms with Crippen LogP contribution < -0.4 is 16.3 Å². The molecule has 6 heterocycles. The van der Waals surface area contributed by atoms with Gasteiger partial charge in [-0.3, -0.25) is 28.3 Å². The Hall–Kier alpha value is -5.06. The van der Waals surface area contributed by atoms with E-state index >= 15 is 0 Å². The standard InChI is InChI=1S/C40H43F3N8O5/c1-48-35-28(4-2-6-31(35)51(38(48)55)32-14-15-34(52)46-37(32)54)25-17-39(56-20-25)21-49(22-39)18-23-8-11-27(12-9-23)50-19-24-16-26(10-13-29(24)47-50)44-36(53)30-5-3-7-33(45-30)40(41,42)43/h2-7,10,13,16,19,23,25,27,32,37,54H,8-9,11-12,14-15,17-18,20-22H2,1H3,(H,44,53)(H,46,52)/t23-,25?,27-,32?,37?. The second kappa shape index (κ2) is 13.8. The molecule has 0 radical (unpaired) electrons. The van der Waals surface area contributed by atoms with Gasteiger partial charge in [-0.1, -0.05) is 18.2 Å². The van der Waals surface area contributed by atoms with Crippen LogP contribution in [0.2, 0.25) is 0 Å². The summed E-state index contributed by atoms with van der Waals surface area (Å²) in [5, 5.41) is 21.5. The molecule has 4 fully saturated rings. The number of aromatic nitrogens is 5. The summed E-state index contributed by atoms with van der Waals surface area (Å²) in [6, 6.07) is 14.2. The number of imidazole rings is 1. The summed E-state index contributed by atoms with van der Waals surface area (Å²) in [5.41, 5.74) is 2.06. The first-order valence-corrected chi connectivity index (χ1v) is 19.2. The third-order valence-electron chi connectivity index (χ3n) is 12.2. The molecule has 13 nitrogen and oxygen atoms in total. The molecule has 0 bridgehead atoms. The Kier molecular flexibility index (Phi) is 9.04. The summed E-state index contributed by atoms with van der Waals surface area (Å²) >= 11 is 0. The Morgan fingerprint density at radius 2 is 1.84 bits per heavy atom. The smallest absolute Gasteiger partial charge is 0.372 e. The predicted octanol–water partition coefficient (Wildman–Crippen LogP) is 5.12. The van der Waals surface area contributed by atoms with Gasteiger partial charge in [-0.05, 0) is 86.4 Å². The summed E-state index contributed by atoms with van der Waals surface area (Å²) in [4.78, 5) is 44.0. The zero-order valence-corrected chi connectivity index (χ0v) is 30.8. The third-order valence-corrected chi connectivity index (χ3v) is 12.2. The summed E-state index contributed by atoms with van der Waals surface area (Å²) < 4.78 is 51.1. The predicted molar refractivity (Wildman–Crippen MR) is 200 cm³/mol. The number of nitrogens with zero attached hydrogens (tertiary/aromatic N) is 6. The highest BCUT2D eigenvalue weighted by atomic mass is 19.4. The van der Waals surface area contributed by atoms with Crippen molar-refractivity contribution in [1.29, 1.82) is 0 Å². The van der Waals surface area contributed by atoms with Crippen molar-refractivity contribution in [2.45, 2.75) is 81.0 Å². The molecular formula is C40H43F3N8O5. The maximum atomic E-state index is 13.5. The van der Waals surface area contributed by atoms with Gasteiger partial charge in [0.2, 0.25) is 5.91 Å². The third kappa shape index (κ3) is 6.66. The number of nitrogens with one attached hydrogen (secondary N) is 2. The van der Waals surface area contributed by atoms with E-state index < -0.39 is 30.0 Å². The lowest BCUT2D eigenvalue weighted by atomic mass is 9.81. The van der Waals surface area contributed by atoms with Crippen LogP contribution in [0.4, 0.5) is 18.9 Å². The number of halogens is 3. The number of rotatable bonds is 7. The quantitative estimate of drug-likeness (QED) is 0.207. The maximum Gasteiger partial charge on any atom is 0.433 e. The first-order valence-electron chi connectivity index (χ1n) is 19.2. The summed E-state index contributed by atoms with van der Waals surface area (Å²) in [6.07, 6.45) is 1.87. The molecule has 3 saturated heterocycles. The van der Waals surface area contributed by atoms with Gasteiger partial charge in [-0.15, -0.1) is 0 Å². The van der Waals surface area contributed by atoms with E-state index in [0.717, 1.165) is 91.4 Å². The minimum absolute atomic E-state index is 0.137. The number of amides is 2. The molecule has 3 N–H and O–H groups in total. The van der Waals surface area contributed by atoms with Gasteiger partial charge in [0.1, 0.15) is 17.6 Å². The molecule has 56 heavy (non-hydrogen) atoms. The molecular weight excluding hydrogens is 729 g/mol. The number of likely N-dealkylation sites (tertiary alicyclic amines) is 1. The van der Waals surface area contributed by atoms with Crippen LogP contribution in [0.3, 0.4) is 0 Å². The molecule has 3 aliphatic heterocycles. The molecule has 2 aromatic carbocycles. The SMILES string of the molecule is Cn1c(=O)n(C2CCC(=O)NC2O)c2cccc(C3COC4(C3)CN(C[C@H]3CC[C@H](n5cc6cc(NC(=O)c7cccc(C(F)(F)F)n7)ccc6n5)CC3)C4)c21. The minimum Gasteiger partial charge on any atom is -0.372 e. The number of aryl methyl sites for hydroxylation is 1. The number of hydrogen-bond donors (Lipinski definition) is 3. The second-order valence-electron chi connectivity index (χ2n) is 16.0. The largest absolute Gasteiger partial charge is 0.433 e. The Morgan fingerprint density at radius 1 is 1.05 bits per heavy atom. The fourth-order valence-corrected chi connectivity index (χ4v) is 9.50. The lowest BCUT2D eigenvalue weighted by Crippen LogP contribution is -2.62. The van der Waals surface area contributed by atoms with E-state index in [-0.39, 0.29) is 41.3 Å². The molecule has 294 valence electrons. The second-order valence-corrected chi connectivity index (χ2v) is 16.0. The number of piperidine rings is 1. The van der Waals surface area contributed by atoms with Gasteiger partial charge in [-0.2, -0.15) is 18.3 Å². The van der Waals surface area contributed by atoms with Crippen molar-refractivity contribution in [3.63, 3.8) is 0 Å². The number of anilines is 1. The molecule has 1 spiro atoms. The van der Waals surface area contributed by atoms with E-state index in [1.54, 1.807) is 34.4 Å². The number of ether oxygens (including phenoxy) is 1. The van der Waals surface area contributed by atoms with Crippen LogP contribution in [0.5, 0.6) is 0 Å². The van der Waals surface area contributed by atoms with Crippen molar-refractivity contribution >= 4 is 39.4 Å². The van der Waals surface area contributed by atoms with Crippen molar-refractivity contribution in [2.75, 3.05) is 31.6 Å². The number of para-hydroxylation sites is 1. The normalized spacial score (nSPS) is 25.4. The highest BCUT2D eigenvalue weighted by Gasteiger charge is 2.50. The molecule has 3 aromatic heterocycles. The van der Waals surface area contributed by atoms with E-state index in [4.69, 9.17) is 9.84 Å². The number of fused-ring (bicyclic) bond motifs is 2. The number of carbonyl (C=O) groups is 2. The number of benzene rings is 2. The molecule has 1 saturated carbocycles. The molecule has 4 aliphatic rings. The zero-order chi connectivity index (χ0) is 38.9. The van der Waals surface area contributed by atoms with Crippen molar-refractivity contribution in [3.05, 3.63) is 88.2 Å². The van der Waals surface area contributed by atoms with Crippen LogP contribution in [-0.4, -0.2) is 83.8 Å². The Balaban J connectivity index is 0.786. The van der Waals surface area contributed by atoms with Gasteiger partial charge in [0.05, 0.1) is 40.8 Å². The minimum atomic E-state index is -4.64. The fraction of sp³-hybridized carbons (Fsp3) is 0.475. The van der Waals surface area contributed by atoms with E-state index in [2.05, 4.69) is 26.6 Å². The van der Waals surface area contributed by atoms with Gasteiger partial charge < -0.3 is 20.5 Å². The average molecular weight is 773 g/mol. The Morgan fingerprint density at radius 3 is 2.61 bits per heavy atom. The van der Waals surface area contributed by atoms with Gasteiger partial charge in [-0.25, -0.2) is 9.78 Å². The maximum absolute atomic E-state index is 13.5. The number of aliphatic hydroxyl groups is 1. The average Bonchev–Trinajstić information content (AvgIpc) is 3.86. The number of alkyl halides is 3. The van der Waals surface area contributed by atoms with Gasteiger partial charge in [0, 0.05) is 56.3 Å². The summed E-state index contributed by atoms with van der Waals surface area (Å²) in [7, 11) is 1.77. The lowest BCUT2D eigenvalue weighted by molar-refractivity contribution is -0.141.